The van der Waals surface area contributed by atoms with Crippen LogP contribution in [0.4, 0.5) is 8.78 Å². The van der Waals surface area contributed by atoms with Crippen LogP contribution in [0.3, 0.4) is 0 Å². The Hall–Kier alpha value is -0.180. The number of rotatable bonds is 0. The van der Waals surface area contributed by atoms with Crippen LogP contribution in [0.1, 0.15) is 12.8 Å². The van der Waals surface area contributed by atoms with Gasteiger partial charge in [0.15, 0.2) is 0 Å². The molecule has 1 nitrogen and oxygen atoms in total. The van der Waals surface area contributed by atoms with Crippen LogP contribution in [0.5, 0.6) is 0 Å². The van der Waals surface area contributed by atoms with E-state index in [4.69, 9.17) is 0 Å². The van der Waals surface area contributed by atoms with Crippen molar-refractivity contribution in [2.24, 2.45) is 11.8 Å². The fourth-order valence-corrected chi connectivity index (χ4v) is 2.12. The molecule has 10 heavy (non-hydrogen) atoms. The van der Waals surface area contributed by atoms with Gasteiger partial charge in [-0.15, -0.1) is 0 Å². The first-order valence-electron chi connectivity index (χ1n) is 3.76. The molecule has 2 aliphatic rings. The first kappa shape index (κ1) is 6.53. The van der Waals surface area contributed by atoms with Gasteiger partial charge in [-0.2, -0.15) is 0 Å². The lowest BCUT2D eigenvalue weighted by Gasteiger charge is -2.08. The third-order valence-corrected chi connectivity index (χ3v) is 2.60. The predicted octanol–water partition coefficient (Wildman–Crippen LogP) is 1.25. The molecule has 0 spiro atoms. The van der Waals surface area contributed by atoms with Gasteiger partial charge in [0, 0.05) is 12.8 Å². The molecule has 1 saturated carbocycles. The van der Waals surface area contributed by atoms with Gasteiger partial charge >= 0.3 is 0 Å². The van der Waals surface area contributed by atoms with Gasteiger partial charge in [0.2, 0.25) is 5.92 Å². The molecule has 1 unspecified atom stereocenters. The highest BCUT2D eigenvalue weighted by Crippen LogP contribution is 2.44. The molecule has 0 radical (unpaired) electrons. The fourth-order valence-electron chi connectivity index (χ4n) is 2.12. The van der Waals surface area contributed by atoms with Crippen molar-refractivity contribution in [1.29, 1.82) is 0 Å². The van der Waals surface area contributed by atoms with Gasteiger partial charge in [-0.3, -0.25) is 0 Å². The van der Waals surface area contributed by atoms with Crippen molar-refractivity contribution in [1.82, 2.24) is 5.32 Å². The van der Waals surface area contributed by atoms with Crippen LogP contribution in [-0.2, 0) is 0 Å². The minimum atomic E-state index is -2.35. The predicted molar refractivity (Wildman–Crippen MR) is 34.0 cm³/mol. The Bertz CT molecular complexity index is 133. The zero-order valence-electron chi connectivity index (χ0n) is 5.74. The number of alkyl halides is 2. The van der Waals surface area contributed by atoms with Crippen molar-refractivity contribution in [3.05, 3.63) is 0 Å². The van der Waals surface area contributed by atoms with Crippen molar-refractivity contribution in [2.45, 2.75) is 18.8 Å². The fraction of sp³-hybridized carbons (Fsp3) is 1.00. The van der Waals surface area contributed by atoms with Crippen LogP contribution >= 0.6 is 0 Å². The van der Waals surface area contributed by atoms with Gasteiger partial charge in [-0.1, -0.05) is 0 Å². The molecule has 1 aliphatic carbocycles. The molecule has 1 heterocycles. The monoisotopic (exact) mass is 147 g/mol. The topological polar surface area (TPSA) is 12.0 Å². The average molecular weight is 147 g/mol. The van der Waals surface area contributed by atoms with E-state index in [-0.39, 0.29) is 24.7 Å². The minimum Gasteiger partial charge on any atom is -0.316 e. The second-order valence-corrected chi connectivity index (χ2v) is 3.44. The summed E-state index contributed by atoms with van der Waals surface area (Å²) in [5, 5.41) is 3.13. The summed E-state index contributed by atoms with van der Waals surface area (Å²) in [7, 11) is 0. The van der Waals surface area contributed by atoms with E-state index in [2.05, 4.69) is 5.32 Å². The molecule has 3 heteroatoms. The van der Waals surface area contributed by atoms with Crippen LogP contribution in [0.2, 0.25) is 0 Å². The van der Waals surface area contributed by atoms with Crippen molar-refractivity contribution in [3.63, 3.8) is 0 Å². The van der Waals surface area contributed by atoms with Crippen molar-refractivity contribution in [2.75, 3.05) is 13.1 Å². The quantitative estimate of drug-likeness (QED) is 0.543. The summed E-state index contributed by atoms with van der Waals surface area (Å²) in [4.78, 5) is 0. The Morgan fingerprint density at radius 1 is 1.10 bits per heavy atom. The first-order valence-corrected chi connectivity index (χ1v) is 3.76. The Balaban J connectivity index is 2.07. The smallest absolute Gasteiger partial charge is 0.248 e. The van der Waals surface area contributed by atoms with E-state index in [1.54, 1.807) is 0 Å². The van der Waals surface area contributed by atoms with Crippen LogP contribution < -0.4 is 5.32 Å². The van der Waals surface area contributed by atoms with Gasteiger partial charge in [0.25, 0.3) is 0 Å². The Morgan fingerprint density at radius 2 is 1.60 bits per heavy atom. The zero-order chi connectivity index (χ0) is 7.19. The van der Waals surface area contributed by atoms with Gasteiger partial charge in [-0.25, -0.2) is 8.78 Å². The average Bonchev–Trinajstić information content (AvgIpc) is 2.20. The Labute approximate surface area is 58.8 Å². The summed E-state index contributed by atoms with van der Waals surface area (Å²) < 4.78 is 25.3. The van der Waals surface area contributed by atoms with Crippen LogP contribution in [0, 0.1) is 11.8 Å². The standard InChI is InChI=1S/C7H11F2N/c8-7(9)1-5-3-10-4-6(5)2-7/h5-6,10H,1-4H2/t5-,6?/m1/s1. The molecule has 1 saturated heterocycles. The van der Waals surface area contributed by atoms with Gasteiger partial charge < -0.3 is 5.32 Å². The zero-order valence-corrected chi connectivity index (χ0v) is 5.74. The SMILES string of the molecule is FC1(F)CC2CNC[C@H]2C1. The molecule has 0 bridgehead atoms. The summed E-state index contributed by atoms with van der Waals surface area (Å²) in [6, 6.07) is 0. The molecule has 0 aromatic heterocycles. The van der Waals surface area contributed by atoms with Crippen LogP contribution in [-0.4, -0.2) is 19.0 Å². The maximum atomic E-state index is 12.6. The maximum Gasteiger partial charge on any atom is 0.248 e. The Kier molecular flexibility index (Phi) is 1.24. The summed E-state index contributed by atoms with van der Waals surface area (Å²) in [6.07, 6.45) is 0.231. The molecule has 2 atom stereocenters. The van der Waals surface area contributed by atoms with Gasteiger partial charge in [-0.05, 0) is 24.9 Å². The molecule has 0 aromatic rings. The molecule has 2 fully saturated rings. The van der Waals surface area contributed by atoms with E-state index in [0.29, 0.717) is 0 Å². The van der Waals surface area contributed by atoms with Crippen molar-refractivity contribution >= 4 is 0 Å². The molecule has 1 N–H and O–H groups in total. The third-order valence-electron chi connectivity index (χ3n) is 2.60. The Morgan fingerprint density at radius 3 is 2.10 bits per heavy atom. The van der Waals surface area contributed by atoms with Gasteiger partial charge in [0.05, 0.1) is 0 Å². The largest absolute Gasteiger partial charge is 0.316 e. The van der Waals surface area contributed by atoms with E-state index in [1.165, 1.54) is 0 Å². The van der Waals surface area contributed by atoms with Crippen molar-refractivity contribution < 1.29 is 8.78 Å². The second-order valence-electron chi connectivity index (χ2n) is 3.44. The highest BCUT2D eigenvalue weighted by Gasteiger charge is 2.47. The molecular weight excluding hydrogens is 136 g/mol. The summed E-state index contributed by atoms with van der Waals surface area (Å²) >= 11 is 0. The number of fused-ring (bicyclic) bond motifs is 1. The van der Waals surface area contributed by atoms with Crippen LogP contribution in [0.25, 0.3) is 0 Å². The number of hydrogen-bond acceptors (Lipinski definition) is 1. The number of hydrogen-bond donors (Lipinski definition) is 1. The summed E-state index contributed by atoms with van der Waals surface area (Å²) in [5.41, 5.74) is 0. The number of nitrogens with one attached hydrogen (secondary N) is 1. The van der Waals surface area contributed by atoms with E-state index >= 15 is 0 Å². The van der Waals surface area contributed by atoms with Crippen LogP contribution in [0.15, 0.2) is 0 Å². The first-order chi connectivity index (χ1) is 4.67. The minimum absolute atomic E-state index is 0.116. The van der Waals surface area contributed by atoms with Gasteiger partial charge in [0.1, 0.15) is 0 Å². The number of halogens is 2. The molecule has 0 amide bonds. The molecule has 58 valence electrons. The lowest BCUT2D eigenvalue weighted by molar-refractivity contribution is 0.00112. The molecular formula is C7H11F2N. The molecule has 1 aliphatic heterocycles. The normalized spacial score (nSPS) is 43.8. The van der Waals surface area contributed by atoms with E-state index in [0.717, 1.165) is 13.1 Å². The van der Waals surface area contributed by atoms with Crippen molar-refractivity contribution in [3.8, 4) is 0 Å². The lowest BCUT2D eigenvalue weighted by Crippen LogP contribution is -2.17. The highest BCUT2D eigenvalue weighted by molar-refractivity contribution is 4.94. The highest BCUT2D eigenvalue weighted by atomic mass is 19.3. The summed E-state index contributed by atoms with van der Waals surface area (Å²) in [6.45, 7) is 1.61. The third kappa shape index (κ3) is 0.926. The second kappa shape index (κ2) is 1.91. The molecule has 0 aromatic carbocycles. The molecule has 2 rings (SSSR count). The maximum absolute atomic E-state index is 12.6. The lowest BCUT2D eigenvalue weighted by atomic mass is 10.0. The summed E-state index contributed by atoms with van der Waals surface area (Å²) in [5.74, 6) is -1.83. The van der Waals surface area contributed by atoms with E-state index < -0.39 is 5.92 Å². The van der Waals surface area contributed by atoms with E-state index in [9.17, 15) is 8.78 Å². The van der Waals surface area contributed by atoms with E-state index in [1.807, 2.05) is 0 Å².